The van der Waals surface area contributed by atoms with E-state index in [2.05, 4.69) is 39.6 Å². The maximum Gasteiger partial charge on any atom is 0.201 e. The van der Waals surface area contributed by atoms with E-state index in [0.717, 1.165) is 30.0 Å². The number of imidazole rings is 1. The third kappa shape index (κ3) is 2.38. The molecule has 0 spiro atoms. The SMILES string of the molecule is c1ccc(C2OCCC2Nc2nc3ccccc3[nH]2)cc1. The van der Waals surface area contributed by atoms with Gasteiger partial charge in [0.15, 0.2) is 0 Å². The van der Waals surface area contributed by atoms with E-state index in [0.29, 0.717) is 0 Å². The molecule has 0 bridgehead atoms. The van der Waals surface area contributed by atoms with Gasteiger partial charge >= 0.3 is 0 Å². The van der Waals surface area contributed by atoms with Crippen molar-refractivity contribution >= 4 is 17.0 Å². The van der Waals surface area contributed by atoms with Gasteiger partial charge in [-0.2, -0.15) is 0 Å². The molecule has 1 aliphatic heterocycles. The van der Waals surface area contributed by atoms with E-state index in [4.69, 9.17) is 4.74 Å². The van der Waals surface area contributed by atoms with Gasteiger partial charge in [0, 0.05) is 6.61 Å². The Morgan fingerprint density at radius 2 is 1.86 bits per heavy atom. The zero-order chi connectivity index (χ0) is 14.1. The molecule has 0 radical (unpaired) electrons. The lowest BCUT2D eigenvalue weighted by Crippen LogP contribution is -2.23. The minimum absolute atomic E-state index is 0.0828. The minimum Gasteiger partial charge on any atom is -0.371 e. The van der Waals surface area contributed by atoms with Crippen molar-refractivity contribution < 1.29 is 4.74 Å². The molecular weight excluding hydrogens is 262 g/mol. The molecule has 1 aliphatic rings. The summed E-state index contributed by atoms with van der Waals surface area (Å²) in [6.07, 6.45) is 1.07. The fourth-order valence-corrected chi connectivity index (χ4v) is 2.91. The first-order chi connectivity index (χ1) is 10.4. The molecule has 0 amide bonds. The maximum atomic E-state index is 5.89. The number of fused-ring (bicyclic) bond motifs is 1. The topological polar surface area (TPSA) is 49.9 Å². The van der Waals surface area contributed by atoms with Crippen molar-refractivity contribution in [3.8, 4) is 0 Å². The van der Waals surface area contributed by atoms with Crippen LogP contribution in [0.2, 0.25) is 0 Å². The first-order valence-electron chi connectivity index (χ1n) is 7.28. The van der Waals surface area contributed by atoms with Gasteiger partial charge in [-0.15, -0.1) is 0 Å². The van der Waals surface area contributed by atoms with Gasteiger partial charge in [-0.3, -0.25) is 0 Å². The van der Waals surface area contributed by atoms with Crippen LogP contribution in [0.1, 0.15) is 18.1 Å². The molecule has 2 aromatic carbocycles. The summed E-state index contributed by atoms with van der Waals surface area (Å²) in [6, 6.07) is 18.7. The third-order valence-corrected chi connectivity index (χ3v) is 3.93. The van der Waals surface area contributed by atoms with Gasteiger partial charge in [-0.1, -0.05) is 42.5 Å². The number of aromatic nitrogens is 2. The number of nitrogens with one attached hydrogen (secondary N) is 2. The molecule has 2 atom stereocenters. The van der Waals surface area contributed by atoms with Crippen molar-refractivity contribution in [1.29, 1.82) is 0 Å². The normalized spacial score (nSPS) is 21.7. The largest absolute Gasteiger partial charge is 0.371 e. The molecule has 3 aromatic rings. The van der Waals surface area contributed by atoms with Gasteiger partial charge in [0.2, 0.25) is 5.95 Å². The highest BCUT2D eigenvalue weighted by Gasteiger charge is 2.30. The molecule has 0 aliphatic carbocycles. The van der Waals surface area contributed by atoms with Gasteiger partial charge in [-0.05, 0) is 24.1 Å². The number of hydrogen-bond donors (Lipinski definition) is 2. The number of benzene rings is 2. The minimum atomic E-state index is 0.0828. The molecule has 2 N–H and O–H groups in total. The van der Waals surface area contributed by atoms with Crippen molar-refractivity contribution in [2.45, 2.75) is 18.6 Å². The highest BCUT2D eigenvalue weighted by molar-refractivity contribution is 5.77. The molecule has 4 rings (SSSR count). The van der Waals surface area contributed by atoms with Gasteiger partial charge in [0.05, 0.1) is 17.1 Å². The molecule has 21 heavy (non-hydrogen) atoms. The maximum absolute atomic E-state index is 5.89. The lowest BCUT2D eigenvalue weighted by molar-refractivity contribution is 0.107. The van der Waals surface area contributed by atoms with Gasteiger partial charge < -0.3 is 15.0 Å². The van der Waals surface area contributed by atoms with Gasteiger partial charge in [0.1, 0.15) is 6.10 Å². The standard InChI is InChI=1S/C17H17N3O/c1-2-6-12(7-3-1)16-15(10-11-21-16)20-17-18-13-8-4-5-9-14(13)19-17/h1-9,15-16H,10-11H2,(H2,18,19,20). The van der Waals surface area contributed by atoms with Crippen molar-refractivity contribution in [2.75, 3.05) is 11.9 Å². The van der Waals surface area contributed by atoms with E-state index in [1.54, 1.807) is 0 Å². The Labute approximate surface area is 123 Å². The zero-order valence-corrected chi connectivity index (χ0v) is 11.6. The average molecular weight is 279 g/mol. The highest BCUT2D eigenvalue weighted by atomic mass is 16.5. The molecule has 106 valence electrons. The summed E-state index contributed by atoms with van der Waals surface area (Å²) < 4.78 is 5.89. The summed E-state index contributed by atoms with van der Waals surface area (Å²) in [5, 5.41) is 3.49. The van der Waals surface area contributed by atoms with Crippen LogP contribution in [0.25, 0.3) is 11.0 Å². The number of hydrogen-bond acceptors (Lipinski definition) is 3. The first kappa shape index (κ1) is 12.4. The zero-order valence-electron chi connectivity index (χ0n) is 11.6. The van der Waals surface area contributed by atoms with Crippen LogP contribution in [0.4, 0.5) is 5.95 Å². The van der Waals surface area contributed by atoms with Crippen LogP contribution in [0.5, 0.6) is 0 Å². The number of ether oxygens (including phenoxy) is 1. The summed E-state index contributed by atoms with van der Waals surface area (Å²) in [5.74, 6) is 0.813. The Morgan fingerprint density at radius 3 is 2.71 bits per heavy atom. The second-order valence-corrected chi connectivity index (χ2v) is 5.34. The van der Waals surface area contributed by atoms with Crippen molar-refractivity contribution in [2.24, 2.45) is 0 Å². The first-order valence-corrected chi connectivity index (χ1v) is 7.28. The Morgan fingerprint density at radius 1 is 1.05 bits per heavy atom. The Hall–Kier alpha value is -2.33. The molecule has 4 heteroatoms. The van der Waals surface area contributed by atoms with Gasteiger partial charge in [-0.25, -0.2) is 4.98 Å². The van der Waals surface area contributed by atoms with E-state index < -0.39 is 0 Å². The van der Waals surface area contributed by atoms with E-state index >= 15 is 0 Å². The highest BCUT2D eigenvalue weighted by Crippen LogP contribution is 2.31. The van der Waals surface area contributed by atoms with Crippen LogP contribution in [0.3, 0.4) is 0 Å². The average Bonchev–Trinajstić information content (AvgIpc) is 3.14. The summed E-state index contributed by atoms with van der Waals surface area (Å²) in [7, 11) is 0. The Balaban J connectivity index is 1.58. The quantitative estimate of drug-likeness (QED) is 0.771. The molecule has 1 saturated heterocycles. The number of nitrogens with zero attached hydrogens (tertiary/aromatic N) is 1. The molecule has 4 nitrogen and oxygen atoms in total. The van der Waals surface area contributed by atoms with Crippen LogP contribution >= 0.6 is 0 Å². The van der Waals surface area contributed by atoms with E-state index in [-0.39, 0.29) is 12.1 Å². The molecular formula is C17H17N3O. The molecule has 0 saturated carbocycles. The Kier molecular flexibility index (Phi) is 3.09. The van der Waals surface area contributed by atoms with Crippen molar-refractivity contribution in [3.05, 3.63) is 60.2 Å². The fraction of sp³-hybridized carbons (Fsp3) is 0.235. The summed E-state index contributed by atoms with van der Waals surface area (Å²) >= 11 is 0. The van der Waals surface area contributed by atoms with Crippen LogP contribution in [0.15, 0.2) is 54.6 Å². The van der Waals surface area contributed by atoms with E-state index in [9.17, 15) is 0 Å². The number of rotatable bonds is 3. The second kappa shape index (κ2) is 5.22. The molecule has 2 heterocycles. The van der Waals surface area contributed by atoms with Crippen LogP contribution in [0, 0.1) is 0 Å². The van der Waals surface area contributed by atoms with Crippen LogP contribution in [-0.4, -0.2) is 22.6 Å². The van der Waals surface area contributed by atoms with Gasteiger partial charge in [0.25, 0.3) is 0 Å². The second-order valence-electron chi connectivity index (χ2n) is 5.34. The van der Waals surface area contributed by atoms with E-state index in [1.807, 2.05) is 30.3 Å². The number of anilines is 1. The summed E-state index contributed by atoms with van der Waals surface area (Å²) in [4.78, 5) is 7.90. The van der Waals surface area contributed by atoms with Crippen LogP contribution in [-0.2, 0) is 4.74 Å². The Bertz CT molecular complexity index is 705. The molecule has 2 unspecified atom stereocenters. The van der Waals surface area contributed by atoms with Crippen LogP contribution < -0.4 is 5.32 Å². The third-order valence-electron chi connectivity index (χ3n) is 3.93. The summed E-state index contributed by atoms with van der Waals surface area (Å²) in [5.41, 5.74) is 3.24. The molecule has 1 fully saturated rings. The number of H-pyrrole nitrogens is 1. The predicted molar refractivity (Wildman–Crippen MR) is 83.3 cm³/mol. The van der Waals surface area contributed by atoms with E-state index in [1.165, 1.54) is 5.56 Å². The predicted octanol–water partition coefficient (Wildman–Crippen LogP) is 3.51. The summed E-state index contributed by atoms with van der Waals surface area (Å²) in [6.45, 7) is 0.775. The van der Waals surface area contributed by atoms with Crippen molar-refractivity contribution in [3.63, 3.8) is 0 Å². The lowest BCUT2D eigenvalue weighted by Gasteiger charge is -2.19. The smallest absolute Gasteiger partial charge is 0.201 e. The monoisotopic (exact) mass is 279 g/mol. The fourth-order valence-electron chi connectivity index (χ4n) is 2.91. The lowest BCUT2D eigenvalue weighted by atomic mass is 10.0. The van der Waals surface area contributed by atoms with Crippen molar-refractivity contribution in [1.82, 2.24) is 9.97 Å². The number of aromatic amines is 1. The number of para-hydroxylation sites is 2. The molecule has 1 aromatic heterocycles.